The Labute approximate surface area is 86.7 Å². The van der Waals surface area contributed by atoms with Gasteiger partial charge < -0.3 is 4.74 Å². The third-order valence-electron chi connectivity index (χ3n) is 2.04. The van der Waals surface area contributed by atoms with E-state index in [-0.39, 0.29) is 0 Å². The molecule has 2 N–H and O–H groups in total. The molecule has 0 fully saturated rings. The van der Waals surface area contributed by atoms with Crippen LogP contribution in [0.1, 0.15) is 6.92 Å². The first-order valence-electron chi connectivity index (χ1n) is 4.65. The number of hydrogen-bond acceptors (Lipinski definition) is 5. The van der Waals surface area contributed by atoms with Crippen LogP contribution in [0.5, 0.6) is 5.88 Å². The van der Waals surface area contributed by atoms with Gasteiger partial charge in [-0.05, 0) is 13.0 Å². The predicted octanol–water partition coefficient (Wildman–Crippen LogP) is 1.83. The zero-order valence-corrected chi connectivity index (χ0v) is 8.27. The molecule has 0 aliphatic rings. The molecule has 0 bridgehead atoms. The lowest BCUT2D eigenvalue weighted by molar-refractivity contribution is 0.326. The molecule has 1 heterocycles. The highest BCUT2D eigenvalue weighted by molar-refractivity contribution is 5.94. The first-order valence-corrected chi connectivity index (χ1v) is 4.65. The van der Waals surface area contributed by atoms with Crippen molar-refractivity contribution in [2.75, 3.05) is 12.1 Å². The Morgan fingerprint density at radius 1 is 1.27 bits per heavy atom. The lowest BCUT2D eigenvalue weighted by Gasteiger charge is -2.07. The fraction of sp³-hybridized carbons (Fsp3) is 0.200. The van der Waals surface area contributed by atoms with E-state index in [1.165, 1.54) is 0 Å². The maximum atomic E-state index is 8.86. The fourth-order valence-electron chi connectivity index (χ4n) is 1.41. The molecule has 2 rings (SSSR count). The Bertz CT molecular complexity index is 473. The third-order valence-corrected chi connectivity index (χ3v) is 2.04. The number of fused-ring (bicyclic) bond motifs is 1. The summed E-state index contributed by atoms with van der Waals surface area (Å²) in [4.78, 5) is 0. The van der Waals surface area contributed by atoms with Crippen LogP contribution < -0.4 is 10.2 Å². The molecule has 78 valence electrons. The van der Waals surface area contributed by atoms with E-state index in [0.29, 0.717) is 18.3 Å². The molecule has 0 spiro atoms. The van der Waals surface area contributed by atoms with Gasteiger partial charge in [0.15, 0.2) is 5.82 Å². The van der Waals surface area contributed by atoms with Crippen LogP contribution in [0, 0.1) is 0 Å². The van der Waals surface area contributed by atoms with Gasteiger partial charge in [0.25, 0.3) is 0 Å². The molecule has 0 amide bonds. The van der Waals surface area contributed by atoms with Crippen LogP contribution >= 0.6 is 0 Å². The first-order chi connectivity index (χ1) is 7.36. The first kappa shape index (κ1) is 9.67. The molecular weight excluding hydrogens is 194 g/mol. The Kier molecular flexibility index (Phi) is 2.64. The smallest absolute Gasteiger partial charge is 0.241 e. The van der Waals surface area contributed by atoms with Gasteiger partial charge in [-0.2, -0.15) is 0 Å². The van der Waals surface area contributed by atoms with Gasteiger partial charge in [-0.25, -0.2) is 0 Å². The van der Waals surface area contributed by atoms with Crippen LogP contribution in [0.4, 0.5) is 5.82 Å². The number of ether oxygens (including phenoxy) is 1. The van der Waals surface area contributed by atoms with Crippen LogP contribution in [0.2, 0.25) is 0 Å². The van der Waals surface area contributed by atoms with Crippen molar-refractivity contribution in [1.82, 2.24) is 10.2 Å². The predicted molar refractivity (Wildman–Crippen MR) is 56.1 cm³/mol. The van der Waals surface area contributed by atoms with Crippen LogP contribution in [-0.2, 0) is 0 Å². The Morgan fingerprint density at radius 3 is 2.67 bits per heavy atom. The highest BCUT2D eigenvalue weighted by atomic mass is 16.5. The molecule has 2 aromatic rings. The minimum Gasteiger partial charge on any atom is -0.476 e. The minimum atomic E-state index is 0.328. The molecular formula is C10H11N3O2. The van der Waals surface area contributed by atoms with E-state index in [2.05, 4.69) is 10.2 Å². The standard InChI is InChI=1S/C10H11N3O2/c1-2-15-10-8-6-4-3-5-7(8)9(13-14)11-12-10/h3-6,14H,2H2,1H3,(H,11,13). The lowest BCUT2D eigenvalue weighted by Crippen LogP contribution is -2.01. The zero-order chi connectivity index (χ0) is 10.7. The summed E-state index contributed by atoms with van der Waals surface area (Å²) in [6.07, 6.45) is 0. The molecule has 5 heteroatoms. The summed E-state index contributed by atoms with van der Waals surface area (Å²) < 4.78 is 5.34. The molecule has 1 aromatic carbocycles. The molecule has 0 aliphatic heterocycles. The summed E-state index contributed by atoms with van der Waals surface area (Å²) in [5.74, 6) is 0.807. The molecule has 15 heavy (non-hydrogen) atoms. The molecule has 0 unspecified atom stereocenters. The molecule has 0 saturated carbocycles. The lowest BCUT2D eigenvalue weighted by atomic mass is 10.2. The van der Waals surface area contributed by atoms with Crippen LogP contribution in [0.3, 0.4) is 0 Å². The molecule has 0 saturated heterocycles. The summed E-state index contributed by atoms with van der Waals surface area (Å²) in [6.45, 7) is 2.42. The highest BCUT2D eigenvalue weighted by Gasteiger charge is 2.08. The van der Waals surface area contributed by atoms with Gasteiger partial charge in [-0.15, -0.1) is 10.2 Å². The number of nitrogens with one attached hydrogen (secondary N) is 1. The van der Waals surface area contributed by atoms with E-state index in [1.807, 2.05) is 36.7 Å². The number of rotatable bonds is 3. The summed E-state index contributed by atoms with van der Waals surface area (Å²) in [7, 11) is 0. The van der Waals surface area contributed by atoms with Gasteiger partial charge in [-0.1, -0.05) is 18.2 Å². The second-order valence-corrected chi connectivity index (χ2v) is 2.94. The van der Waals surface area contributed by atoms with E-state index >= 15 is 0 Å². The maximum Gasteiger partial charge on any atom is 0.241 e. The van der Waals surface area contributed by atoms with Gasteiger partial charge >= 0.3 is 0 Å². The van der Waals surface area contributed by atoms with Crippen molar-refractivity contribution in [1.29, 1.82) is 0 Å². The van der Waals surface area contributed by atoms with Crippen LogP contribution in [0.25, 0.3) is 10.8 Å². The summed E-state index contributed by atoms with van der Waals surface area (Å²) in [6, 6.07) is 7.45. The topological polar surface area (TPSA) is 67.3 Å². The van der Waals surface area contributed by atoms with Gasteiger partial charge in [0.05, 0.1) is 6.61 Å². The Morgan fingerprint density at radius 2 is 2.00 bits per heavy atom. The summed E-state index contributed by atoms with van der Waals surface area (Å²) in [5, 5.41) is 18.1. The zero-order valence-electron chi connectivity index (χ0n) is 8.27. The second kappa shape index (κ2) is 4.10. The number of nitrogens with zero attached hydrogens (tertiary/aromatic N) is 2. The third kappa shape index (κ3) is 1.69. The minimum absolute atomic E-state index is 0.328. The highest BCUT2D eigenvalue weighted by Crippen LogP contribution is 2.26. The Hall–Kier alpha value is -1.88. The van der Waals surface area contributed by atoms with Crippen molar-refractivity contribution in [2.45, 2.75) is 6.92 Å². The molecule has 1 aromatic heterocycles. The normalized spacial score (nSPS) is 10.3. The largest absolute Gasteiger partial charge is 0.476 e. The number of benzene rings is 1. The van der Waals surface area contributed by atoms with Crippen LogP contribution in [-0.4, -0.2) is 22.0 Å². The van der Waals surface area contributed by atoms with Crippen molar-refractivity contribution < 1.29 is 9.94 Å². The average molecular weight is 205 g/mol. The number of anilines is 1. The van der Waals surface area contributed by atoms with E-state index in [1.54, 1.807) is 0 Å². The van der Waals surface area contributed by atoms with Crippen molar-refractivity contribution in [3.63, 3.8) is 0 Å². The van der Waals surface area contributed by atoms with E-state index in [9.17, 15) is 0 Å². The fourth-order valence-corrected chi connectivity index (χ4v) is 1.41. The summed E-state index contributed by atoms with van der Waals surface area (Å²) in [5.41, 5.74) is 2.01. The average Bonchev–Trinajstić information content (AvgIpc) is 2.30. The van der Waals surface area contributed by atoms with Gasteiger partial charge in [-0.3, -0.25) is 10.7 Å². The Balaban J connectivity index is 2.66. The number of hydrogen-bond donors (Lipinski definition) is 2. The van der Waals surface area contributed by atoms with E-state index in [0.717, 1.165) is 10.8 Å². The van der Waals surface area contributed by atoms with Crippen LogP contribution in [0.15, 0.2) is 24.3 Å². The van der Waals surface area contributed by atoms with E-state index in [4.69, 9.17) is 9.94 Å². The van der Waals surface area contributed by atoms with Crippen molar-refractivity contribution in [2.24, 2.45) is 0 Å². The van der Waals surface area contributed by atoms with Gasteiger partial charge in [0, 0.05) is 10.8 Å². The molecule has 5 nitrogen and oxygen atoms in total. The molecule has 0 aliphatic carbocycles. The number of aromatic nitrogens is 2. The monoisotopic (exact) mass is 205 g/mol. The van der Waals surface area contributed by atoms with E-state index < -0.39 is 0 Å². The van der Waals surface area contributed by atoms with Crippen molar-refractivity contribution >= 4 is 16.6 Å². The molecule has 0 atom stereocenters. The van der Waals surface area contributed by atoms with Gasteiger partial charge in [0.1, 0.15) is 0 Å². The van der Waals surface area contributed by atoms with Crippen molar-refractivity contribution in [3.05, 3.63) is 24.3 Å². The SMILES string of the molecule is CCOc1nnc(NO)c2ccccc12. The van der Waals surface area contributed by atoms with Crippen molar-refractivity contribution in [3.8, 4) is 5.88 Å². The maximum absolute atomic E-state index is 8.86. The molecule has 0 radical (unpaired) electrons. The summed E-state index contributed by atoms with van der Waals surface area (Å²) >= 11 is 0. The van der Waals surface area contributed by atoms with Gasteiger partial charge in [0.2, 0.25) is 5.88 Å². The second-order valence-electron chi connectivity index (χ2n) is 2.94. The quantitative estimate of drug-likeness (QED) is 0.748.